The van der Waals surface area contributed by atoms with Gasteiger partial charge in [0.2, 0.25) is 0 Å². The van der Waals surface area contributed by atoms with Crippen LogP contribution in [0.25, 0.3) is 10.8 Å². The van der Waals surface area contributed by atoms with Crippen molar-refractivity contribution >= 4 is 16.5 Å². The van der Waals surface area contributed by atoms with Crippen LogP contribution in [0, 0.1) is 24.0 Å². The molecule has 1 nitrogen and oxygen atoms in total. The molecule has 19 heavy (non-hydrogen) atoms. The molecule has 98 valence electrons. The minimum Gasteiger partial charge on any atom is -0.399 e. The average Bonchev–Trinajstić information content (AvgIpc) is 2.36. The van der Waals surface area contributed by atoms with Crippen LogP contribution in [-0.2, 0) is 5.41 Å². The van der Waals surface area contributed by atoms with Crippen molar-refractivity contribution < 1.29 is 10.2 Å². The van der Waals surface area contributed by atoms with Gasteiger partial charge in [0.15, 0.2) is 11.6 Å². The van der Waals surface area contributed by atoms with Crippen molar-refractivity contribution in [3.8, 4) is 12.3 Å². The summed E-state index contributed by atoms with van der Waals surface area (Å²) in [4.78, 5) is 0. The minimum atomic E-state index is -1.24. The van der Waals surface area contributed by atoms with E-state index in [1.165, 1.54) is 6.07 Å². The number of nitrogen functional groups attached to an aromatic ring is 1. The molecule has 0 atom stereocenters. The molecular formula is C16H15F2N. The molecule has 2 aromatic rings. The molecule has 0 saturated carbocycles. The van der Waals surface area contributed by atoms with Crippen molar-refractivity contribution in [3.05, 3.63) is 40.9 Å². The van der Waals surface area contributed by atoms with E-state index in [9.17, 15) is 8.78 Å². The fourth-order valence-electron chi connectivity index (χ4n) is 2.15. The maximum absolute atomic E-state index is 14.0. The van der Waals surface area contributed by atoms with Gasteiger partial charge in [-0.2, -0.15) is 0 Å². The van der Waals surface area contributed by atoms with Crippen molar-refractivity contribution in [2.45, 2.75) is 26.2 Å². The van der Waals surface area contributed by atoms with Crippen LogP contribution < -0.4 is 5.73 Å². The van der Waals surface area contributed by atoms with Crippen LogP contribution in [0.4, 0.5) is 14.5 Å². The highest BCUT2D eigenvalue weighted by atomic mass is 19.2. The highest BCUT2D eigenvalue weighted by molar-refractivity contribution is 5.94. The van der Waals surface area contributed by atoms with Gasteiger partial charge in [-0.15, -0.1) is 6.42 Å². The van der Waals surface area contributed by atoms with E-state index in [4.69, 9.17) is 13.5 Å². The number of benzene rings is 2. The number of nitrogens with two attached hydrogens (primary N) is 1. The van der Waals surface area contributed by atoms with Crippen LogP contribution in [-0.4, -0.2) is 0 Å². The molecule has 0 fully saturated rings. The molecule has 3 heteroatoms. The second-order valence-corrected chi connectivity index (χ2v) is 5.51. The monoisotopic (exact) mass is 260 g/mol. The van der Waals surface area contributed by atoms with E-state index in [2.05, 4.69) is 5.92 Å². The zero-order valence-electron chi connectivity index (χ0n) is 12.1. The number of fused-ring (bicyclic) bond motifs is 1. The van der Waals surface area contributed by atoms with Gasteiger partial charge in [0.1, 0.15) is 0 Å². The van der Waals surface area contributed by atoms with Crippen molar-refractivity contribution in [2.24, 2.45) is 0 Å². The number of terminal acetylenes is 1. The minimum absolute atomic E-state index is 0.154. The number of rotatable bonds is 0. The van der Waals surface area contributed by atoms with Crippen molar-refractivity contribution in [1.82, 2.24) is 0 Å². The Morgan fingerprint density at radius 2 is 1.95 bits per heavy atom. The van der Waals surface area contributed by atoms with Gasteiger partial charge in [-0.1, -0.05) is 26.7 Å². The maximum atomic E-state index is 14.0. The SMILES string of the molecule is [2H]c1c(F)c(F)c(C#C)c2c(C(C)(C)C)cc(N)cc12. The molecule has 0 aliphatic heterocycles. The zero-order valence-corrected chi connectivity index (χ0v) is 11.1. The lowest BCUT2D eigenvalue weighted by atomic mass is 9.82. The van der Waals surface area contributed by atoms with Crippen LogP contribution in [0.1, 0.15) is 33.3 Å². The Morgan fingerprint density at radius 3 is 2.47 bits per heavy atom. The van der Waals surface area contributed by atoms with Gasteiger partial charge in [-0.05, 0) is 34.5 Å². The Labute approximate surface area is 112 Å². The predicted molar refractivity (Wildman–Crippen MR) is 74.9 cm³/mol. The van der Waals surface area contributed by atoms with Crippen molar-refractivity contribution in [1.29, 1.82) is 0 Å². The summed E-state index contributed by atoms with van der Waals surface area (Å²) in [6, 6.07) is 2.63. The molecule has 0 amide bonds. The number of anilines is 1. The van der Waals surface area contributed by atoms with E-state index in [0.29, 0.717) is 16.6 Å². The Balaban J connectivity index is 3.15. The summed E-state index contributed by atoms with van der Waals surface area (Å²) in [5.74, 6) is -0.193. The summed E-state index contributed by atoms with van der Waals surface area (Å²) in [6.07, 6.45) is 5.34. The van der Waals surface area contributed by atoms with E-state index in [1.54, 1.807) is 6.07 Å². The second kappa shape index (κ2) is 4.24. The lowest BCUT2D eigenvalue weighted by Gasteiger charge is -2.23. The lowest BCUT2D eigenvalue weighted by Crippen LogP contribution is -2.13. The van der Waals surface area contributed by atoms with Crippen LogP contribution in [0.3, 0.4) is 0 Å². The standard InChI is InChI=1S/C16H15F2N/c1-5-11-14-9(7-13(17)15(11)18)6-10(19)8-12(14)16(2,3)4/h1,6-8H,19H2,2-4H3/i7D. The van der Waals surface area contributed by atoms with Gasteiger partial charge in [0.05, 0.1) is 6.93 Å². The van der Waals surface area contributed by atoms with E-state index < -0.39 is 17.7 Å². The highest BCUT2D eigenvalue weighted by Gasteiger charge is 2.22. The molecule has 2 rings (SSSR count). The third-order valence-electron chi connectivity index (χ3n) is 3.02. The van der Waals surface area contributed by atoms with E-state index in [1.807, 2.05) is 20.8 Å². The molecule has 0 aromatic heterocycles. The smallest absolute Gasteiger partial charge is 0.175 e. The predicted octanol–water partition coefficient (Wildman–Crippen LogP) is 3.98. The molecule has 0 bridgehead atoms. The molecule has 0 saturated heterocycles. The molecule has 0 aliphatic carbocycles. The van der Waals surface area contributed by atoms with Gasteiger partial charge >= 0.3 is 0 Å². The Bertz CT molecular complexity index is 752. The Morgan fingerprint density at radius 1 is 1.32 bits per heavy atom. The van der Waals surface area contributed by atoms with Crippen LogP contribution in [0.5, 0.6) is 0 Å². The van der Waals surface area contributed by atoms with Crippen LogP contribution >= 0.6 is 0 Å². The Hall–Kier alpha value is -2.08. The maximum Gasteiger partial charge on any atom is 0.175 e. The first-order valence-corrected chi connectivity index (χ1v) is 5.86. The highest BCUT2D eigenvalue weighted by Crippen LogP contribution is 2.35. The van der Waals surface area contributed by atoms with Gasteiger partial charge in [0.25, 0.3) is 0 Å². The fraction of sp³-hybridized carbons (Fsp3) is 0.250. The summed E-state index contributed by atoms with van der Waals surface area (Å²) in [5.41, 5.74) is 6.39. The zero-order chi connectivity index (χ0) is 15.2. The number of hydrogen-bond acceptors (Lipinski definition) is 1. The van der Waals surface area contributed by atoms with E-state index >= 15 is 0 Å². The normalized spacial score (nSPS) is 12.3. The first-order chi connectivity index (χ1) is 9.18. The van der Waals surface area contributed by atoms with Crippen molar-refractivity contribution in [3.63, 3.8) is 0 Å². The molecule has 0 aliphatic rings. The molecule has 0 radical (unpaired) electrons. The largest absolute Gasteiger partial charge is 0.399 e. The molecular weight excluding hydrogens is 244 g/mol. The third-order valence-corrected chi connectivity index (χ3v) is 3.02. The second-order valence-electron chi connectivity index (χ2n) is 5.51. The Kier molecular flexibility index (Phi) is 2.67. The molecule has 0 unspecified atom stereocenters. The van der Waals surface area contributed by atoms with Gasteiger partial charge in [-0.25, -0.2) is 8.78 Å². The summed E-state index contributed by atoms with van der Waals surface area (Å²) >= 11 is 0. The third kappa shape index (κ3) is 2.15. The van der Waals surface area contributed by atoms with Gasteiger partial charge in [0, 0.05) is 11.1 Å². The van der Waals surface area contributed by atoms with E-state index in [-0.39, 0.29) is 16.4 Å². The topological polar surface area (TPSA) is 26.0 Å². The summed E-state index contributed by atoms with van der Waals surface area (Å²) in [7, 11) is 0. The fourth-order valence-corrected chi connectivity index (χ4v) is 2.15. The first-order valence-electron chi connectivity index (χ1n) is 6.36. The van der Waals surface area contributed by atoms with Gasteiger partial charge in [-0.3, -0.25) is 0 Å². The quantitative estimate of drug-likeness (QED) is 0.562. The van der Waals surface area contributed by atoms with E-state index in [0.717, 1.165) is 0 Å². The average molecular weight is 260 g/mol. The molecule has 2 aromatic carbocycles. The van der Waals surface area contributed by atoms with Crippen molar-refractivity contribution in [2.75, 3.05) is 5.73 Å². The number of halogens is 2. The molecule has 0 spiro atoms. The molecule has 0 heterocycles. The number of hydrogen-bond donors (Lipinski definition) is 1. The first kappa shape index (κ1) is 12.0. The van der Waals surface area contributed by atoms with Gasteiger partial charge < -0.3 is 5.73 Å². The van der Waals surface area contributed by atoms with Crippen LogP contribution in [0.15, 0.2) is 18.2 Å². The molecule has 2 N–H and O–H groups in total. The lowest BCUT2D eigenvalue weighted by molar-refractivity contribution is 0.508. The van der Waals surface area contributed by atoms with Crippen LogP contribution in [0.2, 0.25) is 0 Å². The summed E-state index contributed by atoms with van der Waals surface area (Å²) in [6.45, 7) is 5.77. The summed E-state index contributed by atoms with van der Waals surface area (Å²) < 4.78 is 35.5. The summed E-state index contributed by atoms with van der Waals surface area (Å²) in [5, 5.41) is 0.625.